The van der Waals surface area contributed by atoms with Crippen LogP contribution in [-0.2, 0) is 6.42 Å². The van der Waals surface area contributed by atoms with Crippen LogP contribution < -0.4 is 0 Å². The van der Waals surface area contributed by atoms with Crippen LogP contribution in [0.2, 0.25) is 0 Å². The monoisotopic (exact) mass is 343 g/mol. The molecule has 0 aliphatic rings. The van der Waals surface area contributed by atoms with Crippen LogP contribution >= 0.6 is 11.8 Å². The van der Waals surface area contributed by atoms with Crippen LogP contribution in [0.15, 0.2) is 21.7 Å². The van der Waals surface area contributed by atoms with Crippen molar-refractivity contribution in [3.63, 3.8) is 0 Å². The minimum absolute atomic E-state index is 0.305. The maximum atomic E-state index is 9.95. The Morgan fingerprint density at radius 2 is 1.79 bits per heavy atom. The zero-order valence-electron chi connectivity index (χ0n) is 14.5. The van der Waals surface area contributed by atoms with Crippen LogP contribution in [0.5, 0.6) is 5.75 Å². The molecule has 0 radical (unpaired) electrons. The van der Waals surface area contributed by atoms with E-state index in [9.17, 15) is 5.11 Å². The fourth-order valence-electron chi connectivity index (χ4n) is 2.68. The second kappa shape index (κ2) is 6.43. The van der Waals surface area contributed by atoms with Crippen LogP contribution in [0.3, 0.4) is 0 Å². The highest BCUT2D eigenvalue weighted by atomic mass is 32.2. The standard InChI is InChI=1S/C18H21N3O2S/c1-9(2)6-13-14-17(21-18(19-13)24-5)23-16(20-14)12-7-10(3)15(22)11(4)8-12/h7-9,22H,6H2,1-5H3. The molecule has 3 rings (SSSR count). The Balaban J connectivity index is 2.17. The molecule has 0 fully saturated rings. The van der Waals surface area contributed by atoms with E-state index in [2.05, 4.69) is 28.8 Å². The number of phenols is 1. The Hall–Kier alpha value is -2.08. The summed E-state index contributed by atoms with van der Waals surface area (Å²) >= 11 is 1.49. The summed E-state index contributed by atoms with van der Waals surface area (Å²) in [6, 6.07) is 3.75. The summed E-state index contributed by atoms with van der Waals surface area (Å²) in [5, 5.41) is 10.6. The number of fused-ring (bicyclic) bond motifs is 1. The van der Waals surface area contributed by atoms with Crippen LogP contribution in [0, 0.1) is 19.8 Å². The van der Waals surface area contributed by atoms with Gasteiger partial charge in [0.25, 0.3) is 5.71 Å². The van der Waals surface area contributed by atoms with Gasteiger partial charge in [-0.05, 0) is 55.7 Å². The van der Waals surface area contributed by atoms with Gasteiger partial charge in [0.15, 0.2) is 10.7 Å². The first-order chi connectivity index (χ1) is 11.4. The van der Waals surface area contributed by atoms with Gasteiger partial charge in [-0.25, -0.2) is 9.97 Å². The van der Waals surface area contributed by atoms with E-state index in [1.54, 1.807) is 0 Å². The van der Waals surface area contributed by atoms with Gasteiger partial charge in [0, 0.05) is 5.56 Å². The van der Waals surface area contributed by atoms with Crippen LogP contribution in [0.4, 0.5) is 0 Å². The summed E-state index contributed by atoms with van der Waals surface area (Å²) in [4.78, 5) is 13.7. The Labute approximate surface area is 145 Å². The van der Waals surface area contributed by atoms with Crippen LogP contribution in [0.1, 0.15) is 30.7 Å². The van der Waals surface area contributed by atoms with Gasteiger partial charge in [0.1, 0.15) is 5.75 Å². The van der Waals surface area contributed by atoms with Gasteiger partial charge in [-0.3, -0.25) is 0 Å². The van der Waals surface area contributed by atoms with E-state index in [0.717, 1.165) is 34.3 Å². The highest BCUT2D eigenvalue weighted by molar-refractivity contribution is 7.98. The Morgan fingerprint density at radius 3 is 2.38 bits per heavy atom. The number of aryl methyl sites for hydroxylation is 2. The predicted molar refractivity (Wildman–Crippen MR) is 96.5 cm³/mol. The number of nitrogens with zero attached hydrogens (tertiary/aromatic N) is 3. The van der Waals surface area contributed by atoms with Crippen LogP contribution in [-0.4, -0.2) is 26.3 Å². The lowest BCUT2D eigenvalue weighted by atomic mass is 10.1. The van der Waals surface area contributed by atoms with Crippen molar-refractivity contribution < 1.29 is 9.52 Å². The molecule has 0 saturated carbocycles. The number of aromatic hydroxyl groups is 1. The fourth-order valence-corrected chi connectivity index (χ4v) is 3.05. The topological polar surface area (TPSA) is 72.0 Å². The Bertz CT molecular complexity index is 880. The molecule has 2 aromatic heterocycles. The molecule has 0 aliphatic heterocycles. The van der Waals surface area contributed by atoms with Gasteiger partial charge in [-0.2, -0.15) is 4.98 Å². The second-order valence-corrected chi connectivity index (χ2v) is 7.16. The third-order valence-corrected chi connectivity index (χ3v) is 4.38. The molecule has 0 amide bonds. The minimum Gasteiger partial charge on any atom is -0.507 e. The van der Waals surface area contributed by atoms with Gasteiger partial charge >= 0.3 is 0 Å². The van der Waals surface area contributed by atoms with Crippen molar-refractivity contribution in [3.8, 4) is 17.2 Å². The lowest BCUT2D eigenvalue weighted by molar-refractivity contribution is 0.467. The first kappa shape index (κ1) is 16.8. The van der Waals surface area contributed by atoms with Crippen molar-refractivity contribution >= 4 is 23.0 Å². The van der Waals surface area contributed by atoms with Crippen molar-refractivity contribution in [1.82, 2.24) is 15.0 Å². The average Bonchev–Trinajstić information content (AvgIpc) is 2.95. The maximum Gasteiger partial charge on any atom is 0.251 e. The van der Waals surface area contributed by atoms with Gasteiger partial charge < -0.3 is 9.52 Å². The SMILES string of the molecule is CSc1nc(CC(C)C)c2nc(-c3cc(C)c(O)c(C)c3)oc2n1. The first-order valence-electron chi connectivity index (χ1n) is 7.91. The molecule has 5 nitrogen and oxygen atoms in total. The van der Waals surface area contributed by atoms with E-state index in [1.807, 2.05) is 32.2 Å². The molecule has 3 aromatic rings. The molecule has 0 bridgehead atoms. The summed E-state index contributed by atoms with van der Waals surface area (Å²) in [7, 11) is 0. The van der Waals surface area contributed by atoms with Gasteiger partial charge in [-0.15, -0.1) is 0 Å². The van der Waals surface area contributed by atoms with Gasteiger partial charge in [-0.1, -0.05) is 25.6 Å². The number of thioether (sulfide) groups is 1. The zero-order valence-corrected chi connectivity index (χ0v) is 15.4. The predicted octanol–water partition coefficient (Wildman–Crippen LogP) is 4.53. The van der Waals surface area contributed by atoms with Crippen molar-refractivity contribution in [2.75, 3.05) is 6.26 Å². The highest BCUT2D eigenvalue weighted by Gasteiger charge is 2.17. The van der Waals surface area contributed by atoms with Crippen molar-refractivity contribution in [1.29, 1.82) is 0 Å². The molecular formula is C18H21N3O2S. The van der Waals surface area contributed by atoms with E-state index in [-0.39, 0.29) is 0 Å². The number of phenolic OH excluding ortho intramolecular Hbond substituents is 1. The summed E-state index contributed by atoms with van der Waals surface area (Å²) in [6.45, 7) is 8.04. The number of rotatable bonds is 4. The molecule has 24 heavy (non-hydrogen) atoms. The third kappa shape index (κ3) is 3.11. The maximum absolute atomic E-state index is 9.95. The van der Waals surface area contributed by atoms with E-state index < -0.39 is 0 Å². The molecule has 0 aliphatic carbocycles. The van der Waals surface area contributed by atoms with E-state index in [4.69, 9.17) is 4.42 Å². The van der Waals surface area contributed by atoms with Crippen molar-refractivity contribution in [2.45, 2.75) is 39.3 Å². The molecule has 0 unspecified atom stereocenters. The lowest BCUT2D eigenvalue weighted by Crippen LogP contribution is -2.01. The number of hydrogen-bond donors (Lipinski definition) is 1. The molecule has 0 saturated heterocycles. The van der Waals surface area contributed by atoms with Gasteiger partial charge in [0.2, 0.25) is 5.89 Å². The lowest BCUT2D eigenvalue weighted by Gasteiger charge is -2.05. The number of hydrogen-bond acceptors (Lipinski definition) is 6. The normalized spacial score (nSPS) is 11.6. The zero-order chi connectivity index (χ0) is 17.4. The first-order valence-corrected chi connectivity index (χ1v) is 9.13. The summed E-state index contributed by atoms with van der Waals surface area (Å²) in [5.41, 5.74) is 4.59. The quantitative estimate of drug-likeness (QED) is 0.554. The minimum atomic E-state index is 0.305. The van der Waals surface area contributed by atoms with E-state index >= 15 is 0 Å². The van der Waals surface area contributed by atoms with E-state index in [0.29, 0.717) is 28.4 Å². The average molecular weight is 343 g/mol. The van der Waals surface area contributed by atoms with Gasteiger partial charge in [0.05, 0.1) is 5.69 Å². The number of aromatic nitrogens is 3. The molecule has 126 valence electrons. The Morgan fingerprint density at radius 1 is 1.12 bits per heavy atom. The summed E-state index contributed by atoms with van der Waals surface area (Å²) < 4.78 is 5.91. The number of oxazole rings is 1. The van der Waals surface area contributed by atoms with E-state index in [1.165, 1.54) is 11.8 Å². The summed E-state index contributed by atoms with van der Waals surface area (Å²) in [5.74, 6) is 1.28. The molecule has 0 atom stereocenters. The van der Waals surface area contributed by atoms with Crippen LogP contribution in [0.25, 0.3) is 22.7 Å². The smallest absolute Gasteiger partial charge is 0.251 e. The Kier molecular flexibility index (Phi) is 4.49. The highest BCUT2D eigenvalue weighted by Crippen LogP contribution is 2.31. The third-order valence-electron chi connectivity index (χ3n) is 3.83. The fraction of sp³-hybridized carbons (Fsp3) is 0.389. The van der Waals surface area contributed by atoms with Crippen molar-refractivity contribution in [3.05, 3.63) is 29.0 Å². The molecular weight excluding hydrogens is 322 g/mol. The molecule has 1 N–H and O–H groups in total. The molecule has 2 heterocycles. The summed E-state index contributed by atoms with van der Waals surface area (Å²) in [6.07, 6.45) is 2.77. The molecule has 6 heteroatoms. The molecule has 0 spiro atoms. The second-order valence-electron chi connectivity index (χ2n) is 6.39. The molecule has 1 aromatic carbocycles. The largest absolute Gasteiger partial charge is 0.507 e. The van der Waals surface area contributed by atoms with Crippen molar-refractivity contribution in [2.24, 2.45) is 5.92 Å². The number of benzene rings is 1.